The van der Waals surface area contributed by atoms with E-state index in [2.05, 4.69) is 52.8 Å². The fourth-order valence-corrected chi connectivity index (χ4v) is 12.4. The molecule has 0 spiro atoms. The van der Waals surface area contributed by atoms with E-state index in [-0.39, 0.29) is 68.8 Å². The summed E-state index contributed by atoms with van der Waals surface area (Å²) in [5, 5.41) is 44.5. The number of primary amides is 1. The molecule has 1 aromatic heterocycles. The maximum atomic E-state index is 15.1. The van der Waals surface area contributed by atoms with Crippen LogP contribution in [0.2, 0.25) is 0 Å². The van der Waals surface area contributed by atoms with Gasteiger partial charge >= 0.3 is 11.9 Å². The number of benzene rings is 2. The molecule has 2 aromatic carbocycles. The summed E-state index contributed by atoms with van der Waals surface area (Å²) in [6.45, 7) is 12.8. The van der Waals surface area contributed by atoms with Crippen molar-refractivity contribution in [3.05, 3.63) is 83.6 Å². The monoisotopic (exact) mass is 1420 g/mol. The number of carbonyl (C=O) groups is 15. The number of Topliss-reactive ketones (excluding diaryl/α,β-unsaturated/α-hetero) is 4. The van der Waals surface area contributed by atoms with E-state index in [0.717, 1.165) is 43.0 Å². The first-order valence-corrected chi connectivity index (χ1v) is 35.4. The smallest absolute Gasteiger partial charge is 0.335 e. The van der Waals surface area contributed by atoms with E-state index in [1.165, 1.54) is 65.8 Å². The van der Waals surface area contributed by atoms with Crippen LogP contribution >= 0.6 is 0 Å². The molecule has 2 heterocycles. The molecule has 3 aromatic rings. The first kappa shape index (κ1) is 83.2. The van der Waals surface area contributed by atoms with Gasteiger partial charge in [0, 0.05) is 67.6 Å². The molecular formula is C74H105N11O17. The molecule has 558 valence electrons. The van der Waals surface area contributed by atoms with Gasteiger partial charge in [0.25, 0.3) is 0 Å². The van der Waals surface area contributed by atoms with Gasteiger partial charge in [0.05, 0.1) is 29.1 Å². The lowest BCUT2D eigenvalue weighted by Crippen LogP contribution is -2.61. The van der Waals surface area contributed by atoms with Crippen LogP contribution in [0.3, 0.4) is 0 Å². The molecule has 1 fully saturated rings. The lowest BCUT2D eigenvalue weighted by Gasteiger charge is -2.34. The lowest BCUT2D eigenvalue weighted by molar-refractivity contribution is -0.140. The number of aromatic nitrogens is 1. The summed E-state index contributed by atoms with van der Waals surface area (Å²) in [5.41, 5.74) is 3.96. The van der Waals surface area contributed by atoms with E-state index < -0.39 is 166 Å². The lowest BCUT2D eigenvalue weighted by atomic mass is 9.77. The van der Waals surface area contributed by atoms with Crippen molar-refractivity contribution < 1.29 is 82.1 Å². The van der Waals surface area contributed by atoms with Crippen LogP contribution in [0.1, 0.15) is 199 Å². The zero-order chi connectivity index (χ0) is 75.6. The maximum Gasteiger partial charge on any atom is 0.335 e. The molecule has 1 aliphatic heterocycles. The van der Waals surface area contributed by atoms with Crippen LogP contribution in [-0.4, -0.2) is 164 Å². The molecule has 0 bridgehead atoms. The Morgan fingerprint density at radius 2 is 1.20 bits per heavy atom. The number of allylic oxidation sites excluding steroid dienone is 2. The van der Waals surface area contributed by atoms with Gasteiger partial charge in [0.15, 0.2) is 5.78 Å². The standard InChI is InChI=1S/C74H105N11O17/c1-42(63(75)92)40-76-44(3)61(90)62(91)45(4)78-64(93)46(5)79-65(94)47(6)80-66(95)48(7)81-72(102)74(9)35-20-16-14-12-10-11-13-15-19-34-73(8,39-43(2)86)71(101)84-56(31-33-60(88)89)68(97)83-58(37-50-26-28-51(29-27-50)70(99)100)69(98)82-57(38-53-41-77-55-25-18-17-24-54(53)55)59(87)32-30-52(67(96)85-74)36-49-22-21-23-49/h12,14,17-18,24-29,41-42,44-49,52,56-58,76-77H,10-11,13,15-16,19-23,30-40H2,1-9H3,(H2,75,92)(H,78,93)(H,79,94)(H,80,95)(H,81,102)(H,82,98)(H,83,97)(H,84,101)(H,85,96)(H,88,89)(H,99,100)/b14-12+/t42-,44-,45-,46?,47-,48?,52-,56-,57-,58-,73-,74-/m0/s1. The molecule has 0 saturated heterocycles. The van der Waals surface area contributed by atoms with Gasteiger partial charge in [-0.15, -0.1) is 0 Å². The largest absolute Gasteiger partial charge is 0.481 e. The van der Waals surface area contributed by atoms with Crippen LogP contribution in [0.25, 0.3) is 10.9 Å². The van der Waals surface area contributed by atoms with Crippen molar-refractivity contribution in [3.63, 3.8) is 0 Å². The van der Waals surface area contributed by atoms with Crippen LogP contribution in [0.15, 0.2) is 66.9 Å². The minimum Gasteiger partial charge on any atom is -0.481 e. The highest BCUT2D eigenvalue weighted by molar-refractivity contribution is 6.41. The molecule has 14 N–H and O–H groups in total. The van der Waals surface area contributed by atoms with Crippen molar-refractivity contribution in [3.8, 4) is 0 Å². The summed E-state index contributed by atoms with van der Waals surface area (Å²) < 4.78 is 0. The Bertz CT molecular complexity index is 3550. The highest BCUT2D eigenvalue weighted by atomic mass is 16.4. The number of amides is 9. The van der Waals surface area contributed by atoms with E-state index in [1.54, 1.807) is 33.0 Å². The van der Waals surface area contributed by atoms with Crippen molar-refractivity contribution >= 4 is 99.1 Å². The first-order chi connectivity index (χ1) is 48.1. The van der Waals surface area contributed by atoms with Crippen molar-refractivity contribution in [2.24, 2.45) is 28.9 Å². The second kappa shape index (κ2) is 39.7. The molecule has 12 atom stereocenters. The molecule has 1 saturated carbocycles. The van der Waals surface area contributed by atoms with Crippen molar-refractivity contribution in [2.45, 2.75) is 245 Å². The number of hydrogen-bond donors (Lipinski definition) is 13. The summed E-state index contributed by atoms with van der Waals surface area (Å²) in [4.78, 5) is 207. The normalized spacial score (nSPS) is 23.3. The minimum atomic E-state index is -1.67. The molecule has 28 heteroatoms. The second-order valence-electron chi connectivity index (χ2n) is 28.2. The molecule has 9 amide bonds. The number of hydrogen-bond acceptors (Lipinski definition) is 16. The molecule has 5 rings (SSSR count). The Hall–Kier alpha value is -9.47. The van der Waals surface area contributed by atoms with Gasteiger partial charge in [-0.3, -0.25) is 67.1 Å². The molecule has 2 unspecified atom stereocenters. The van der Waals surface area contributed by atoms with Gasteiger partial charge < -0.3 is 68.8 Å². The number of nitrogens with one attached hydrogen (secondary N) is 10. The quantitative estimate of drug-likeness (QED) is 0.0373. The van der Waals surface area contributed by atoms with E-state index in [4.69, 9.17) is 5.73 Å². The van der Waals surface area contributed by atoms with E-state index in [1.807, 2.05) is 30.4 Å². The number of aliphatic carboxylic acids is 1. The highest BCUT2D eigenvalue weighted by Gasteiger charge is 2.41. The number of fused-ring (bicyclic) bond motifs is 1. The number of rotatable bonds is 27. The number of aromatic amines is 1. The average Bonchev–Trinajstić information content (AvgIpc) is 1.16. The van der Waals surface area contributed by atoms with Gasteiger partial charge in [0.2, 0.25) is 64.7 Å². The highest BCUT2D eigenvalue weighted by Crippen LogP contribution is 2.35. The summed E-state index contributed by atoms with van der Waals surface area (Å²) >= 11 is 0. The molecule has 28 nitrogen and oxygen atoms in total. The zero-order valence-corrected chi connectivity index (χ0v) is 60.1. The number of ketones is 4. The predicted octanol–water partition coefficient (Wildman–Crippen LogP) is 4.32. The van der Waals surface area contributed by atoms with Crippen molar-refractivity contribution in [1.29, 1.82) is 0 Å². The van der Waals surface area contributed by atoms with Gasteiger partial charge in [-0.05, 0) is 141 Å². The molecular weight excluding hydrogens is 1310 g/mol. The SMILES string of the molecule is CC(=O)C[C@]1(C)CCCCCC/C=C/CCC[C@@](C)(C(=O)NC(C)C(=O)N[C@@H](C)C(=O)NC(C)C(=O)N[C@@H](C)C(=O)C(=O)[C@H](C)NC[C@H](C)C(N)=O)NC(=O)[C@H](CC2CCC2)CCC(=O)[C@H](Cc2c[nH]c3ccccc23)NC(=O)[C@H](Cc2ccc(C(=O)O)cc2)NC(=O)[C@H](CCC(=O)O)NC1=O. The van der Waals surface area contributed by atoms with E-state index in [9.17, 15) is 67.7 Å². The van der Waals surface area contributed by atoms with Crippen LogP contribution in [0.5, 0.6) is 0 Å². The van der Waals surface area contributed by atoms with E-state index in [0.29, 0.717) is 49.7 Å². The first-order valence-electron chi connectivity index (χ1n) is 35.4. The van der Waals surface area contributed by atoms with Crippen LogP contribution in [0.4, 0.5) is 0 Å². The Kier molecular flexibility index (Phi) is 32.3. The fraction of sp³-hybridized carbons (Fsp3) is 0.581. The van der Waals surface area contributed by atoms with Gasteiger partial charge in [0.1, 0.15) is 41.5 Å². The third-order valence-electron chi connectivity index (χ3n) is 19.3. The molecule has 2 aliphatic rings. The molecule has 102 heavy (non-hydrogen) atoms. The number of carboxylic acid groups (broad SMARTS) is 2. The molecule has 0 radical (unpaired) electrons. The Morgan fingerprint density at radius 1 is 0.618 bits per heavy atom. The van der Waals surface area contributed by atoms with Crippen molar-refractivity contribution in [1.82, 2.24) is 52.8 Å². The predicted molar refractivity (Wildman–Crippen MR) is 378 cm³/mol. The number of para-hydroxylation sites is 1. The fourth-order valence-electron chi connectivity index (χ4n) is 12.4. The van der Waals surface area contributed by atoms with Gasteiger partial charge in [-0.1, -0.05) is 94.9 Å². The number of carbonyl (C=O) groups excluding carboxylic acids is 13. The zero-order valence-electron chi connectivity index (χ0n) is 60.1. The van der Waals surface area contributed by atoms with Crippen molar-refractivity contribution in [2.75, 3.05) is 6.54 Å². The number of aromatic carboxylic acids is 1. The topological polar surface area (TPSA) is 447 Å². The number of carboxylic acids is 2. The number of nitrogens with two attached hydrogens (primary N) is 1. The van der Waals surface area contributed by atoms with Crippen LogP contribution < -0.4 is 53.6 Å². The summed E-state index contributed by atoms with van der Waals surface area (Å²) in [6, 6.07) is 2.29. The summed E-state index contributed by atoms with van der Waals surface area (Å²) in [6.07, 6.45) is 11.2. The third kappa shape index (κ3) is 25.9. The summed E-state index contributed by atoms with van der Waals surface area (Å²) in [5.74, 6) is -13.3. The van der Waals surface area contributed by atoms with E-state index >= 15 is 14.4 Å². The maximum absolute atomic E-state index is 15.1. The number of H-pyrrole nitrogens is 1. The third-order valence-corrected chi connectivity index (χ3v) is 19.3. The Morgan fingerprint density at radius 3 is 1.79 bits per heavy atom. The molecule has 1 aliphatic carbocycles. The Labute approximate surface area is 595 Å². The van der Waals surface area contributed by atoms with Gasteiger partial charge in [-0.25, -0.2) is 4.79 Å². The Balaban J connectivity index is 1.43. The second-order valence-corrected chi connectivity index (χ2v) is 28.2. The minimum absolute atomic E-state index is 0.0324. The van der Waals surface area contributed by atoms with Crippen LogP contribution in [-0.2, 0) is 80.0 Å². The summed E-state index contributed by atoms with van der Waals surface area (Å²) in [7, 11) is 0. The average molecular weight is 1420 g/mol. The van der Waals surface area contributed by atoms with Gasteiger partial charge in [-0.2, -0.15) is 0 Å². The van der Waals surface area contributed by atoms with Crippen LogP contribution in [0, 0.1) is 23.2 Å².